The van der Waals surface area contributed by atoms with Crippen molar-refractivity contribution in [1.82, 2.24) is 4.98 Å². The van der Waals surface area contributed by atoms with Gasteiger partial charge in [-0.15, -0.1) is 0 Å². The molecular formula is C11H9BrN6O. The molecule has 0 spiro atoms. The zero-order valence-electron chi connectivity index (χ0n) is 9.82. The van der Waals surface area contributed by atoms with Crippen molar-refractivity contribution >= 4 is 27.7 Å². The van der Waals surface area contributed by atoms with Gasteiger partial charge in [-0.1, -0.05) is 5.11 Å². The van der Waals surface area contributed by atoms with Gasteiger partial charge in [-0.2, -0.15) is 5.26 Å². The van der Waals surface area contributed by atoms with E-state index in [-0.39, 0.29) is 11.8 Å². The molecule has 0 bridgehead atoms. The first-order valence-electron chi connectivity index (χ1n) is 5.52. The number of aromatic nitrogens is 1. The van der Waals surface area contributed by atoms with Gasteiger partial charge < -0.3 is 0 Å². The van der Waals surface area contributed by atoms with E-state index in [2.05, 4.69) is 30.9 Å². The number of nitrogens with zero attached hydrogens (tertiary/aromatic N) is 6. The van der Waals surface area contributed by atoms with Crippen molar-refractivity contribution in [2.75, 3.05) is 18.0 Å². The fourth-order valence-electron chi connectivity index (χ4n) is 1.95. The van der Waals surface area contributed by atoms with Crippen molar-refractivity contribution < 1.29 is 4.79 Å². The second-order valence-electron chi connectivity index (χ2n) is 4.13. The van der Waals surface area contributed by atoms with Gasteiger partial charge in [0.1, 0.15) is 11.9 Å². The number of pyridine rings is 1. The molecule has 1 atom stereocenters. The van der Waals surface area contributed by atoms with Crippen molar-refractivity contribution in [2.24, 2.45) is 11.0 Å². The highest BCUT2D eigenvalue weighted by molar-refractivity contribution is 9.10. The molecule has 1 amide bonds. The molecule has 1 saturated heterocycles. The molecule has 0 aliphatic carbocycles. The lowest BCUT2D eigenvalue weighted by molar-refractivity contribution is -0.117. The molecule has 2 heterocycles. The molecule has 0 aromatic carbocycles. The lowest BCUT2D eigenvalue weighted by atomic mass is 10.1. The van der Waals surface area contributed by atoms with E-state index >= 15 is 0 Å². The summed E-state index contributed by atoms with van der Waals surface area (Å²) in [6, 6.07) is 3.60. The highest BCUT2D eigenvalue weighted by Crippen LogP contribution is 2.30. The van der Waals surface area contributed by atoms with E-state index in [4.69, 9.17) is 10.8 Å². The molecule has 1 fully saturated rings. The summed E-state index contributed by atoms with van der Waals surface area (Å²) >= 11 is 3.31. The van der Waals surface area contributed by atoms with E-state index in [1.807, 2.05) is 6.07 Å². The Morgan fingerprint density at radius 1 is 1.74 bits per heavy atom. The minimum Gasteiger partial charge on any atom is -0.296 e. The minimum absolute atomic E-state index is 0.00717. The normalized spacial score (nSPS) is 18.0. The first kappa shape index (κ1) is 13.3. The number of hydrogen-bond donors (Lipinski definition) is 0. The highest BCUT2D eigenvalue weighted by Gasteiger charge is 2.31. The summed E-state index contributed by atoms with van der Waals surface area (Å²) < 4.78 is 0.601. The third kappa shape index (κ3) is 2.84. The van der Waals surface area contributed by atoms with Crippen LogP contribution in [0.3, 0.4) is 0 Å². The minimum atomic E-state index is -0.0592. The maximum absolute atomic E-state index is 11.9. The highest BCUT2D eigenvalue weighted by atomic mass is 79.9. The number of rotatable bonds is 3. The molecule has 0 radical (unpaired) electrons. The van der Waals surface area contributed by atoms with E-state index in [1.54, 1.807) is 11.0 Å². The number of anilines is 1. The van der Waals surface area contributed by atoms with Gasteiger partial charge in [-0.25, -0.2) is 4.98 Å². The van der Waals surface area contributed by atoms with Gasteiger partial charge in [0, 0.05) is 30.6 Å². The van der Waals surface area contributed by atoms with E-state index in [0.717, 1.165) is 0 Å². The van der Waals surface area contributed by atoms with E-state index in [0.29, 0.717) is 35.4 Å². The Balaban J connectivity index is 2.21. The van der Waals surface area contributed by atoms with Crippen LogP contribution in [-0.4, -0.2) is 24.0 Å². The predicted molar refractivity (Wildman–Crippen MR) is 71.1 cm³/mol. The summed E-state index contributed by atoms with van der Waals surface area (Å²) in [5.41, 5.74) is 8.71. The predicted octanol–water partition coefficient (Wildman–Crippen LogP) is 2.38. The largest absolute Gasteiger partial charge is 0.296 e. The number of halogens is 1. The van der Waals surface area contributed by atoms with E-state index in [1.165, 1.54) is 6.20 Å². The van der Waals surface area contributed by atoms with Crippen LogP contribution >= 0.6 is 15.9 Å². The van der Waals surface area contributed by atoms with E-state index < -0.39 is 0 Å². The van der Waals surface area contributed by atoms with Gasteiger partial charge in [0.2, 0.25) is 5.91 Å². The maximum Gasteiger partial charge on any atom is 0.228 e. The summed E-state index contributed by atoms with van der Waals surface area (Å²) in [6.45, 7) is 0.766. The molecule has 96 valence electrons. The van der Waals surface area contributed by atoms with Crippen LogP contribution in [0.15, 0.2) is 21.9 Å². The molecule has 1 aliphatic rings. The number of amides is 1. The van der Waals surface area contributed by atoms with Gasteiger partial charge in [-0.3, -0.25) is 9.69 Å². The molecule has 1 aliphatic heterocycles. The van der Waals surface area contributed by atoms with Gasteiger partial charge >= 0.3 is 0 Å². The molecule has 2 rings (SSSR count). The van der Waals surface area contributed by atoms with Gasteiger partial charge in [-0.05, 0) is 33.4 Å². The Labute approximate surface area is 117 Å². The van der Waals surface area contributed by atoms with Crippen LogP contribution in [0.1, 0.15) is 12.0 Å². The molecule has 1 unspecified atom stereocenters. The molecule has 1 aromatic heterocycles. The SMILES string of the molecule is N#Cc1cnc(N2CC(CN=[N+]=[N-])CC2=O)c(Br)c1. The quantitative estimate of drug-likeness (QED) is 0.484. The average molecular weight is 321 g/mol. The summed E-state index contributed by atoms with van der Waals surface area (Å²) in [4.78, 5) is 20.3. The van der Waals surface area contributed by atoms with Crippen molar-refractivity contribution in [3.63, 3.8) is 0 Å². The Bertz CT molecular complexity index is 604. The molecule has 7 nitrogen and oxygen atoms in total. The summed E-state index contributed by atoms with van der Waals surface area (Å²) in [5, 5.41) is 12.3. The number of hydrogen-bond acceptors (Lipinski definition) is 4. The van der Waals surface area contributed by atoms with Crippen molar-refractivity contribution in [3.8, 4) is 6.07 Å². The number of carbonyl (C=O) groups excluding carboxylic acids is 1. The molecule has 0 saturated carbocycles. The van der Waals surface area contributed by atoms with Gasteiger partial charge in [0.05, 0.1) is 10.0 Å². The molecular weight excluding hydrogens is 312 g/mol. The van der Waals surface area contributed by atoms with Gasteiger partial charge in [0.25, 0.3) is 0 Å². The summed E-state index contributed by atoms with van der Waals surface area (Å²) in [6.07, 6.45) is 1.77. The van der Waals surface area contributed by atoms with Gasteiger partial charge in [0.15, 0.2) is 0 Å². The first-order chi connectivity index (χ1) is 9.15. The van der Waals surface area contributed by atoms with Crippen LogP contribution < -0.4 is 4.90 Å². The molecule has 0 N–H and O–H groups in total. The number of carbonyl (C=O) groups is 1. The summed E-state index contributed by atoms with van der Waals surface area (Å²) in [7, 11) is 0. The van der Waals surface area contributed by atoms with Crippen LogP contribution in [0.4, 0.5) is 5.82 Å². The second-order valence-corrected chi connectivity index (χ2v) is 4.98. The van der Waals surface area contributed by atoms with Crippen LogP contribution in [-0.2, 0) is 4.79 Å². The van der Waals surface area contributed by atoms with Crippen molar-refractivity contribution in [3.05, 3.63) is 32.7 Å². The Kier molecular flexibility index (Phi) is 4.00. The molecule has 8 heteroatoms. The fraction of sp³-hybridized carbons (Fsp3) is 0.364. The topological polar surface area (TPSA) is 106 Å². The van der Waals surface area contributed by atoms with Crippen molar-refractivity contribution in [2.45, 2.75) is 6.42 Å². The lowest BCUT2D eigenvalue weighted by Gasteiger charge is -2.16. The fourth-order valence-corrected chi connectivity index (χ4v) is 2.51. The van der Waals surface area contributed by atoms with Crippen LogP contribution in [0, 0.1) is 17.2 Å². The zero-order valence-corrected chi connectivity index (χ0v) is 11.4. The van der Waals surface area contributed by atoms with E-state index in [9.17, 15) is 4.79 Å². The maximum atomic E-state index is 11.9. The monoisotopic (exact) mass is 320 g/mol. The smallest absolute Gasteiger partial charge is 0.228 e. The third-order valence-electron chi connectivity index (χ3n) is 2.81. The average Bonchev–Trinajstić information content (AvgIpc) is 2.77. The van der Waals surface area contributed by atoms with Crippen molar-refractivity contribution in [1.29, 1.82) is 5.26 Å². The third-order valence-corrected chi connectivity index (χ3v) is 3.40. The Hall–Kier alpha value is -2.10. The molecule has 1 aromatic rings. The number of nitriles is 1. The first-order valence-corrected chi connectivity index (χ1v) is 6.32. The number of azide groups is 1. The van der Waals surface area contributed by atoms with Crippen LogP contribution in [0.2, 0.25) is 0 Å². The summed E-state index contributed by atoms with van der Waals surface area (Å²) in [5.74, 6) is 0.441. The van der Waals surface area contributed by atoms with Crippen LogP contribution in [0.25, 0.3) is 10.4 Å². The molecule has 19 heavy (non-hydrogen) atoms. The zero-order chi connectivity index (χ0) is 13.8. The lowest BCUT2D eigenvalue weighted by Crippen LogP contribution is -2.26. The Morgan fingerprint density at radius 2 is 2.53 bits per heavy atom. The standard InChI is InChI=1S/C11H9BrN6O/c12-9-1-7(3-13)4-15-11(9)18-6-8(2-10(18)19)5-16-17-14/h1,4,8H,2,5-6H2. The van der Waals surface area contributed by atoms with Crippen LogP contribution in [0.5, 0.6) is 0 Å². The second kappa shape index (κ2) is 5.69. The Morgan fingerprint density at radius 3 is 3.16 bits per heavy atom.